The number of hydrogen-bond donors (Lipinski definition) is 4. The van der Waals surface area contributed by atoms with Gasteiger partial charge in [-0.3, -0.25) is 9.88 Å². The molecule has 39 heavy (non-hydrogen) atoms. The molecule has 3 fully saturated rings. The third kappa shape index (κ3) is 4.83. The maximum Gasteiger partial charge on any atom is 0.311 e. The number of H-pyrrole nitrogens is 1. The Morgan fingerprint density at radius 3 is 2.64 bits per heavy atom. The van der Waals surface area contributed by atoms with Gasteiger partial charge in [0.15, 0.2) is 18.2 Å². The standard InChI is InChI=1S/C25H39N11O3/c1-4-15(5-2)27-21-17-23(29-25(28-21)34-12-9-16(13-34)33-10-7-8-11-33)35(14-26-17)24-19(38)18(37)20(39-24)22-30-32-36(6-3)31-22/h14-16,18-20,24,37-38H,4-13H2,1-3H3,(H,27,28,29)/p+1/t16-,18+,19-,20+,24-/m1/s1. The van der Waals surface area contributed by atoms with E-state index in [-0.39, 0.29) is 11.9 Å². The van der Waals surface area contributed by atoms with Crippen LogP contribution in [0.3, 0.4) is 0 Å². The van der Waals surface area contributed by atoms with Gasteiger partial charge in [-0.05, 0) is 57.3 Å². The molecule has 6 rings (SSSR count). The summed E-state index contributed by atoms with van der Waals surface area (Å²) in [4.78, 5) is 19.5. The molecule has 4 N–H and O–H groups in total. The summed E-state index contributed by atoms with van der Waals surface area (Å²) in [6, 6.07) is 0.774. The molecular weight excluding hydrogens is 502 g/mol. The van der Waals surface area contributed by atoms with Crippen LogP contribution in [0.5, 0.6) is 0 Å². The molecule has 0 saturated carbocycles. The number of likely N-dealkylation sites (tertiary alicyclic amines) is 1. The van der Waals surface area contributed by atoms with Crippen molar-refractivity contribution in [2.45, 2.75) is 96.0 Å². The predicted octanol–water partition coefficient (Wildman–Crippen LogP) is 0.519. The highest BCUT2D eigenvalue weighted by atomic mass is 16.6. The van der Waals surface area contributed by atoms with Gasteiger partial charge in [-0.15, -0.1) is 10.2 Å². The number of imidazole rings is 1. The monoisotopic (exact) mass is 542 g/mol. The van der Waals surface area contributed by atoms with Crippen LogP contribution in [0.1, 0.15) is 71.0 Å². The van der Waals surface area contributed by atoms with Crippen LogP contribution in [0.4, 0.5) is 11.8 Å². The number of ether oxygens (including phenoxy) is 1. The van der Waals surface area contributed by atoms with Gasteiger partial charge in [0.05, 0.1) is 6.54 Å². The van der Waals surface area contributed by atoms with E-state index in [0.29, 0.717) is 24.2 Å². The minimum Gasteiger partial charge on any atom is -0.387 e. The summed E-state index contributed by atoms with van der Waals surface area (Å²) in [6.07, 6.45) is 3.03. The first-order valence-corrected chi connectivity index (χ1v) is 14.4. The quantitative estimate of drug-likeness (QED) is 0.279. The molecule has 0 radical (unpaired) electrons. The Hall–Kier alpha value is -2.94. The number of tetrazole rings is 1. The molecule has 212 valence electrons. The highest BCUT2D eigenvalue weighted by Crippen LogP contribution is 2.36. The summed E-state index contributed by atoms with van der Waals surface area (Å²) < 4.78 is 7.90. The van der Waals surface area contributed by atoms with Crippen molar-refractivity contribution in [2.24, 2.45) is 0 Å². The van der Waals surface area contributed by atoms with Gasteiger partial charge in [0, 0.05) is 25.2 Å². The largest absolute Gasteiger partial charge is 0.387 e. The van der Waals surface area contributed by atoms with Crippen LogP contribution in [0.2, 0.25) is 0 Å². The van der Waals surface area contributed by atoms with Crippen LogP contribution in [-0.4, -0.2) is 101 Å². The van der Waals surface area contributed by atoms with E-state index in [9.17, 15) is 10.2 Å². The summed E-state index contributed by atoms with van der Waals surface area (Å²) >= 11 is 0. The Balaban J connectivity index is 1.34. The first kappa shape index (κ1) is 26.3. The minimum atomic E-state index is -1.22. The Morgan fingerprint density at radius 2 is 1.92 bits per heavy atom. The number of anilines is 2. The maximum absolute atomic E-state index is 11.0. The zero-order chi connectivity index (χ0) is 27.1. The third-order valence-electron chi connectivity index (χ3n) is 8.42. The lowest BCUT2D eigenvalue weighted by Gasteiger charge is -2.23. The van der Waals surface area contributed by atoms with Crippen LogP contribution >= 0.6 is 0 Å². The second kappa shape index (κ2) is 10.9. The van der Waals surface area contributed by atoms with Crippen molar-refractivity contribution < 1.29 is 19.5 Å². The van der Waals surface area contributed by atoms with Crippen molar-refractivity contribution in [3.8, 4) is 0 Å². The molecule has 14 heteroatoms. The molecular formula is C25H40N11O3+. The SMILES string of the molecule is CCC(CC)Nc1nc(N2CC[C@@H](N3CCCC3)C2)nc2c1[nH]c[n+]2[C@@H]1O[C@H](c2nnn(CC)n2)[C@@H](O)[C@H]1O. The number of hydrogen-bond acceptors (Lipinski definition) is 11. The van der Waals surface area contributed by atoms with Gasteiger partial charge in [-0.2, -0.15) is 9.78 Å². The number of nitrogens with zero attached hydrogens (tertiary/aromatic N) is 9. The summed E-state index contributed by atoms with van der Waals surface area (Å²) in [6.45, 7) is 10.9. The normalized spacial score (nSPS) is 27.9. The highest BCUT2D eigenvalue weighted by Gasteiger charge is 2.49. The molecule has 5 atom stereocenters. The Labute approximate surface area is 227 Å². The molecule has 6 heterocycles. The molecule has 3 aliphatic heterocycles. The molecule has 0 aliphatic carbocycles. The second-order valence-corrected chi connectivity index (χ2v) is 10.8. The number of aliphatic hydroxyl groups excluding tert-OH is 2. The topological polar surface area (TPSA) is 157 Å². The van der Waals surface area contributed by atoms with Crippen molar-refractivity contribution in [3.63, 3.8) is 0 Å². The van der Waals surface area contributed by atoms with E-state index in [1.165, 1.54) is 30.7 Å². The fourth-order valence-corrected chi connectivity index (χ4v) is 6.01. The fraction of sp³-hybridized carbons (Fsp3) is 0.760. The molecule has 0 bridgehead atoms. The number of fused-ring (bicyclic) bond motifs is 1. The van der Waals surface area contributed by atoms with Gasteiger partial charge >= 0.3 is 11.6 Å². The molecule has 0 aromatic carbocycles. The predicted molar refractivity (Wildman–Crippen MR) is 142 cm³/mol. The number of aromatic amines is 1. The Kier molecular flexibility index (Phi) is 7.35. The van der Waals surface area contributed by atoms with E-state index < -0.39 is 24.5 Å². The van der Waals surface area contributed by atoms with Gasteiger partial charge in [0.25, 0.3) is 0 Å². The average Bonchev–Trinajstić information content (AvgIpc) is 3.78. The van der Waals surface area contributed by atoms with E-state index in [2.05, 4.69) is 49.4 Å². The summed E-state index contributed by atoms with van der Waals surface area (Å²) in [5, 5.41) is 37.8. The van der Waals surface area contributed by atoms with Crippen molar-refractivity contribution in [1.82, 2.24) is 40.1 Å². The van der Waals surface area contributed by atoms with E-state index >= 15 is 0 Å². The van der Waals surface area contributed by atoms with E-state index in [0.717, 1.165) is 43.7 Å². The van der Waals surface area contributed by atoms with Crippen molar-refractivity contribution in [2.75, 3.05) is 36.4 Å². The van der Waals surface area contributed by atoms with Gasteiger partial charge in [-0.25, -0.2) is 4.57 Å². The minimum absolute atomic E-state index is 0.239. The van der Waals surface area contributed by atoms with E-state index in [4.69, 9.17) is 14.7 Å². The molecule has 0 unspecified atom stereocenters. The van der Waals surface area contributed by atoms with Gasteiger partial charge in [0.1, 0.15) is 12.2 Å². The smallest absolute Gasteiger partial charge is 0.311 e. The molecule has 3 aromatic rings. The Morgan fingerprint density at radius 1 is 1.13 bits per heavy atom. The van der Waals surface area contributed by atoms with Gasteiger partial charge < -0.3 is 25.2 Å². The molecule has 3 aliphatic rings. The maximum atomic E-state index is 11.0. The third-order valence-corrected chi connectivity index (χ3v) is 8.42. The molecule has 0 spiro atoms. The first-order chi connectivity index (χ1) is 19.0. The highest BCUT2D eigenvalue weighted by molar-refractivity contribution is 5.82. The van der Waals surface area contributed by atoms with E-state index in [1.54, 1.807) is 10.9 Å². The number of aliphatic hydroxyl groups is 2. The number of rotatable bonds is 9. The van der Waals surface area contributed by atoms with Crippen molar-refractivity contribution in [1.29, 1.82) is 0 Å². The van der Waals surface area contributed by atoms with Crippen LogP contribution in [0, 0.1) is 0 Å². The van der Waals surface area contributed by atoms with Crippen molar-refractivity contribution in [3.05, 3.63) is 12.2 Å². The molecule has 3 saturated heterocycles. The zero-order valence-corrected chi connectivity index (χ0v) is 22.9. The lowest BCUT2D eigenvalue weighted by atomic mass is 10.1. The van der Waals surface area contributed by atoms with Crippen molar-refractivity contribution >= 4 is 22.9 Å². The number of aryl methyl sites for hydroxylation is 1. The zero-order valence-electron chi connectivity index (χ0n) is 22.9. The van der Waals surface area contributed by atoms with Gasteiger partial charge in [-0.1, -0.05) is 18.8 Å². The lowest BCUT2D eigenvalue weighted by molar-refractivity contribution is -0.745. The molecule has 14 nitrogen and oxygen atoms in total. The second-order valence-electron chi connectivity index (χ2n) is 10.8. The van der Waals surface area contributed by atoms with Crippen LogP contribution in [0.25, 0.3) is 11.2 Å². The Bertz CT molecular complexity index is 1270. The number of aromatic nitrogens is 8. The van der Waals surface area contributed by atoms with Crippen LogP contribution in [-0.2, 0) is 11.3 Å². The van der Waals surface area contributed by atoms with E-state index in [1.807, 2.05) is 6.92 Å². The lowest BCUT2D eigenvalue weighted by Crippen LogP contribution is -2.46. The molecule has 3 aromatic heterocycles. The fourth-order valence-electron chi connectivity index (χ4n) is 6.01. The first-order valence-electron chi connectivity index (χ1n) is 14.4. The summed E-state index contributed by atoms with van der Waals surface area (Å²) in [7, 11) is 0. The summed E-state index contributed by atoms with van der Waals surface area (Å²) in [5.74, 6) is 1.62. The number of nitrogens with one attached hydrogen (secondary N) is 2. The molecule has 0 amide bonds. The van der Waals surface area contributed by atoms with Gasteiger partial charge in [0.2, 0.25) is 17.6 Å². The van der Waals surface area contributed by atoms with Crippen LogP contribution < -0.4 is 14.8 Å². The summed E-state index contributed by atoms with van der Waals surface area (Å²) in [5.41, 5.74) is 1.32. The average molecular weight is 543 g/mol. The van der Waals surface area contributed by atoms with Crippen LogP contribution in [0.15, 0.2) is 6.33 Å².